The lowest BCUT2D eigenvalue weighted by Crippen LogP contribution is -2.48. The second-order valence-corrected chi connectivity index (χ2v) is 10.1. The molecule has 2 amide bonds. The average molecular weight is 449 g/mol. The molecule has 0 saturated heterocycles. The van der Waals surface area contributed by atoms with E-state index >= 15 is 0 Å². The molecule has 0 spiro atoms. The molecule has 4 saturated carbocycles. The Labute approximate surface area is 194 Å². The summed E-state index contributed by atoms with van der Waals surface area (Å²) in [6.07, 6.45) is 7.74. The van der Waals surface area contributed by atoms with E-state index in [9.17, 15) is 9.59 Å². The van der Waals surface area contributed by atoms with Crippen molar-refractivity contribution in [2.45, 2.75) is 43.9 Å². The van der Waals surface area contributed by atoms with Gasteiger partial charge in [0.15, 0.2) is 0 Å². The van der Waals surface area contributed by atoms with Crippen molar-refractivity contribution in [3.8, 4) is 5.75 Å². The number of nitrogens with one attached hydrogen (secondary N) is 2. The zero-order valence-corrected chi connectivity index (χ0v) is 19.1. The smallest absolute Gasteiger partial charge is 0.255 e. The van der Waals surface area contributed by atoms with E-state index < -0.39 is 0 Å². The highest BCUT2D eigenvalue weighted by molar-refractivity contribution is 6.05. The molecule has 2 aromatic rings. The zero-order chi connectivity index (χ0) is 23.0. The fourth-order valence-electron chi connectivity index (χ4n) is 6.88. The average Bonchev–Trinajstić information content (AvgIpc) is 2.81. The van der Waals surface area contributed by atoms with Crippen molar-refractivity contribution >= 4 is 17.5 Å². The number of aliphatic hydroxyl groups excluding tert-OH is 1. The first-order chi connectivity index (χ1) is 16.0. The standard InChI is InChI=1S/C27H32N2O4/c1-33-24-7-4-21(13-23(24)27-14-17-10-18(15-27)12-19(11-17)16-27)26(32)29-22-5-2-20(3-6-22)25(31)28-8-9-30/h2-7,13,17-19,30H,8-12,14-16H2,1H3,(H,28,31)(H,29,32). The van der Waals surface area contributed by atoms with Gasteiger partial charge in [0.1, 0.15) is 5.75 Å². The number of amides is 2. The van der Waals surface area contributed by atoms with E-state index in [4.69, 9.17) is 9.84 Å². The fraction of sp³-hybridized carbons (Fsp3) is 0.481. The van der Waals surface area contributed by atoms with E-state index in [0.717, 1.165) is 23.5 Å². The van der Waals surface area contributed by atoms with Gasteiger partial charge in [-0.05, 0) is 104 Å². The molecule has 0 atom stereocenters. The summed E-state index contributed by atoms with van der Waals surface area (Å²) >= 11 is 0. The highest BCUT2D eigenvalue weighted by atomic mass is 16.5. The molecule has 0 unspecified atom stereocenters. The normalized spacial score (nSPS) is 27.3. The number of rotatable bonds is 7. The lowest BCUT2D eigenvalue weighted by Gasteiger charge is -2.57. The van der Waals surface area contributed by atoms with E-state index in [-0.39, 0.29) is 30.4 Å². The molecule has 6 rings (SSSR count). The Bertz CT molecular complexity index is 1010. The van der Waals surface area contributed by atoms with Crippen LogP contribution >= 0.6 is 0 Å². The third-order valence-corrected chi connectivity index (χ3v) is 7.87. The lowest BCUT2D eigenvalue weighted by atomic mass is 9.48. The Hall–Kier alpha value is -2.86. The van der Waals surface area contributed by atoms with E-state index in [2.05, 4.69) is 16.7 Å². The molecular weight excluding hydrogens is 416 g/mol. The fourth-order valence-corrected chi connectivity index (χ4v) is 6.88. The Morgan fingerprint density at radius 2 is 1.55 bits per heavy atom. The molecule has 2 aromatic carbocycles. The van der Waals surface area contributed by atoms with E-state index in [1.165, 1.54) is 44.1 Å². The Balaban J connectivity index is 1.35. The molecule has 33 heavy (non-hydrogen) atoms. The maximum Gasteiger partial charge on any atom is 0.255 e. The molecule has 3 N–H and O–H groups in total. The van der Waals surface area contributed by atoms with Crippen molar-refractivity contribution in [3.63, 3.8) is 0 Å². The number of carbonyl (C=O) groups is 2. The molecule has 6 heteroatoms. The molecule has 6 nitrogen and oxygen atoms in total. The summed E-state index contributed by atoms with van der Waals surface area (Å²) in [5, 5.41) is 14.4. The summed E-state index contributed by atoms with van der Waals surface area (Å²) in [4.78, 5) is 25.1. The maximum atomic E-state index is 13.1. The van der Waals surface area contributed by atoms with Crippen LogP contribution in [0.25, 0.3) is 0 Å². The minimum absolute atomic E-state index is 0.104. The third-order valence-electron chi connectivity index (χ3n) is 7.87. The number of anilines is 1. The topological polar surface area (TPSA) is 87.7 Å². The van der Waals surface area contributed by atoms with Crippen molar-refractivity contribution in [3.05, 3.63) is 59.2 Å². The molecule has 4 aliphatic carbocycles. The van der Waals surface area contributed by atoms with Crippen LogP contribution in [0, 0.1) is 17.8 Å². The van der Waals surface area contributed by atoms with Crippen molar-refractivity contribution in [2.75, 3.05) is 25.6 Å². The van der Waals surface area contributed by atoms with Crippen LogP contribution in [0.5, 0.6) is 5.75 Å². The number of carbonyl (C=O) groups excluding carboxylic acids is 2. The van der Waals surface area contributed by atoms with Gasteiger partial charge in [-0.25, -0.2) is 0 Å². The monoisotopic (exact) mass is 448 g/mol. The predicted octanol–water partition coefficient (Wildman–Crippen LogP) is 4.14. The Morgan fingerprint density at radius 3 is 2.12 bits per heavy atom. The van der Waals surface area contributed by atoms with E-state index in [0.29, 0.717) is 16.8 Å². The number of aliphatic hydroxyl groups is 1. The number of hydrogen-bond donors (Lipinski definition) is 3. The first-order valence-corrected chi connectivity index (χ1v) is 12.0. The Morgan fingerprint density at radius 1 is 0.939 bits per heavy atom. The van der Waals surface area contributed by atoms with Gasteiger partial charge in [0.25, 0.3) is 11.8 Å². The second-order valence-electron chi connectivity index (χ2n) is 10.1. The molecule has 0 radical (unpaired) electrons. The van der Waals surface area contributed by atoms with Gasteiger partial charge in [0.05, 0.1) is 13.7 Å². The molecular formula is C27H32N2O4. The quantitative estimate of drug-likeness (QED) is 0.594. The summed E-state index contributed by atoms with van der Waals surface area (Å²) in [5.41, 5.74) is 3.08. The van der Waals surface area contributed by atoms with Crippen LogP contribution < -0.4 is 15.4 Å². The van der Waals surface area contributed by atoms with Crippen molar-refractivity contribution < 1.29 is 19.4 Å². The van der Waals surface area contributed by atoms with E-state index in [1.807, 2.05) is 12.1 Å². The number of methoxy groups -OCH3 is 1. The predicted molar refractivity (Wildman–Crippen MR) is 127 cm³/mol. The van der Waals surface area contributed by atoms with Gasteiger partial charge in [0.2, 0.25) is 0 Å². The highest BCUT2D eigenvalue weighted by Crippen LogP contribution is 2.61. The highest BCUT2D eigenvalue weighted by Gasteiger charge is 2.52. The van der Waals surface area contributed by atoms with Crippen LogP contribution in [0.4, 0.5) is 5.69 Å². The second kappa shape index (κ2) is 8.82. The van der Waals surface area contributed by atoms with Gasteiger partial charge in [-0.2, -0.15) is 0 Å². The van der Waals surface area contributed by atoms with Gasteiger partial charge in [-0.3, -0.25) is 9.59 Å². The van der Waals surface area contributed by atoms with Crippen molar-refractivity contribution in [1.82, 2.24) is 5.32 Å². The van der Waals surface area contributed by atoms with Crippen LogP contribution in [-0.4, -0.2) is 37.2 Å². The van der Waals surface area contributed by atoms with Gasteiger partial charge in [-0.1, -0.05) is 0 Å². The molecule has 174 valence electrons. The van der Waals surface area contributed by atoms with E-state index in [1.54, 1.807) is 31.4 Å². The van der Waals surface area contributed by atoms with Gasteiger partial charge >= 0.3 is 0 Å². The molecule has 4 aliphatic rings. The zero-order valence-electron chi connectivity index (χ0n) is 19.1. The van der Waals surface area contributed by atoms with Crippen LogP contribution in [0.15, 0.2) is 42.5 Å². The summed E-state index contributed by atoms with van der Waals surface area (Å²) in [7, 11) is 1.72. The minimum Gasteiger partial charge on any atom is -0.496 e. The molecule has 0 aromatic heterocycles. The summed E-state index contributed by atoms with van der Waals surface area (Å²) < 4.78 is 5.77. The van der Waals surface area contributed by atoms with Crippen LogP contribution in [-0.2, 0) is 5.41 Å². The largest absolute Gasteiger partial charge is 0.496 e. The molecule has 0 aliphatic heterocycles. The number of benzene rings is 2. The molecule has 4 fully saturated rings. The van der Waals surface area contributed by atoms with Gasteiger partial charge in [0, 0.05) is 28.9 Å². The Kier molecular flexibility index (Phi) is 5.87. The summed E-state index contributed by atoms with van der Waals surface area (Å²) in [6.45, 7) is 0.105. The first-order valence-electron chi connectivity index (χ1n) is 12.0. The van der Waals surface area contributed by atoms with Gasteiger partial charge < -0.3 is 20.5 Å². The van der Waals surface area contributed by atoms with Crippen LogP contribution in [0.3, 0.4) is 0 Å². The SMILES string of the molecule is COc1ccc(C(=O)Nc2ccc(C(=O)NCCO)cc2)cc1C12CC3CC(CC(C3)C1)C2. The van der Waals surface area contributed by atoms with Crippen LogP contribution in [0.2, 0.25) is 0 Å². The van der Waals surface area contributed by atoms with Crippen molar-refractivity contribution in [2.24, 2.45) is 17.8 Å². The third kappa shape index (κ3) is 4.24. The molecule has 4 bridgehead atoms. The minimum atomic E-state index is -0.253. The molecule has 0 heterocycles. The van der Waals surface area contributed by atoms with Crippen molar-refractivity contribution in [1.29, 1.82) is 0 Å². The maximum absolute atomic E-state index is 13.1. The van der Waals surface area contributed by atoms with Gasteiger partial charge in [-0.15, -0.1) is 0 Å². The number of ether oxygens (including phenoxy) is 1. The van der Waals surface area contributed by atoms with Crippen LogP contribution in [0.1, 0.15) is 64.8 Å². The summed E-state index contributed by atoms with van der Waals surface area (Å²) in [6, 6.07) is 12.6. The lowest BCUT2D eigenvalue weighted by molar-refractivity contribution is -0.00617. The first kappa shape index (κ1) is 22.0. The summed E-state index contributed by atoms with van der Waals surface area (Å²) in [5.74, 6) is 2.91. The number of hydrogen-bond acceptors (Lipinski definition) is 4.